The number of nitrogens with zero attached hydrogens (tertiary/aromatic N) is 3. The van der Waals surface area contributed by atoms with Gasteiger partial charge in [-0.25, -0.2) is 0 Å². The lowest BCUT2D eigenvalue weighted by atomic mass is 10.2. The van der Waals surface area contributed by atoms with Gasteiger partial charge in [0.2, 0.25) is 18.1 Å². The Balaban J connectivity index is 1.79. The molecule has 0 atom stereocenters. The molecule has 114 valence electrons. The number of hydrogen-bond donors (Lipinski definition) is 2. The van der Waals surface area contributed by atoms with E-state index in [0.29, 0.717) is 11.4 Å². The van der Waals surface area contributed by atoms with Gasteiger partial charge in [-0.1, -0.05) is 6.07 Å². The van der Waals surface area contributed by atoms with E-state index in [-0.39, 0.29) is 23.5 Å². The van der Waals surface area contributed by atoms with Crippen LogP contribution < -0.4 is 10.6 Å². The van der Waals surface area contributed by atoms with Gasteiger partial charge in [-0.15, -0.1) is 0 Å². The Kier molecular flexibility index (Phi) is 3.50. The van der Waals surface area contributed by atoms with Crippen LogP contribution in [0, 0.1) is 16.0 Å². The predicted molar refractivity (Wildman–Crippen MR) is 80.9 cm³/mol. The Morgan fingerprint density at radius 3 is 2.82 bits per heavy atom. The summed E-state index contributed by atoms with van der Waals surface area (Å²) < 4.78 is 1.54. The summed E-state index contributed by atoms with van der Waals surface area (Å²) in [7, 11) is 1.67. The molecule has 1 heterocycles. The highest BCUT2D eigenvalue weighted by Gasteiger charge is 2.29. The van der Waals surface area contributed by atoms with Crippen LogP contribution in [0.1, 0.15) is 12.8 Å². The molecule has 1 aliphatic carbocycles. The topological polar surface area (TPSA) is 102 Å². The number of nitrogens with one attached hydrogen (secondary N) is 2. The van der Waals surface area contributed by atoms with E-state index in [0.717, 1.165) is 12.8 Å². The minimum atomic E-state index is -0.541. The molecule has 2 N–H and O–H groups in total. The zero-order valence-corrected chi connectivity index (χ0v) is 11.9. The lowest BCUT2D eigenvalue weighted by Gasteiger charge is -2.09. The van der Waals surface area contributed by atoms with Gasteiger partial charge < -0.3 is 20.7 Å². The molecule has 1 amide bonds. The molecule has 1 aromatic carbocycles. The van der Waals surface area contributed by atoms with Crippen LogP contribution in [0.3, 0.4) is 0 Å². The number of amides is 1. The Hall–Kier alpha value is -2.90. The molecular formula is C14H15N5O3. The first-order chi connectivity index (χ1) is 10.5. The maximum absolute atomic E-state index is 11.8. The minimum absolute atomic E-state index is 0.0173. The van der Waals surface area contributed by atoms with Gasteiger partial charge in [0.25, 0.3) is 0 Å². The normalized spacial score (nSPS) is 13.7. The summed E-state index contributed by atoms with van der Waals surface area (Å²) in [5.74, 6) is 0.184. The van der Waals surface area contributed by atoms with Gasteiger partial charge in [-0.3, -0.25) is 9.36 Å². The van der Waals surface area contributed by atoms with E-state index >= 15 is 0 Å². The smallest absolute Gasteiger partial charge is 0.358 e. The second-order valence-corrected chi connectivity index (χ2v) is 5.25. The Morgan fingerprint density at radius 2 is 2.14 bits per heavy atom. The Bertz CT molecular complexity index is 736. The molecule has 0 saturated heterocycles. The van der Waals surface area contributed by atoms with Crippen molar-refractivity contribution in [1.29, 1.82) is 0 Å². The Labute approximate surface area is 126 Å². The number of carbonyl (C=O) groups is 1. The largest absolute Gasteiger partial charge is 0.406 e. The van der Waals surface area contributed by atoms with Crippen LogP contribution in [0.2, 0.25) is 0 Å². The van der Waals surface area contributed by atoms with Crippen molar-refractivity contribution in [3.05, 3.63) is 40.7 Å². The number of aromatic nitrogens is 2. The summed E-state index contributed by atoms with van der Waals surface area (Å²) in [5, 5.41) is 16.8. The van der Waals surface area contributed by atoms with Crippen LogP contribution >= 0.6 is 0 Å². The fraction of sp³-hybridized carbons (Fsp3) is 0.286. The zero-order chi connectivity index (χ0) is 15.7. The number of benzene rings is 1. The van der Waals surface area contributed by atoms with Crippen LogP contribution in [0.15, 0.2) is 30.6 Å². The molecule has 3 rings (SSSR count). The van der Waals surface area contributed by atoms with Crippen molar-refractivity contribution in [3.8, 4) is 0 Å². The lowest BCUT2D eigenvalue weighted by Crippen LogP contribution is -2.13. The number of nitro groups is 1. The summed E-state index contributed by atoms with van der Waals surface area (Å²) >= 11 is 0. The average molecular weight is 301 g/mol. The molecule has 22 heavy (non-hydrogen) atoms. The van der Waals surface area contributed by atoms with Gasteiger partial charge >= 0.3 is 5.82 Å². The predicted octanol–water partition coefficient (Wildman–Crippen LogP) is 2.42. The van der Waals surface area contributed by atoms with Crippen molar-refractivity contribution in [2.24, 2.45) is 13.0 Å². The van der Waals surface area contributed by atoms with E-state index < -0.39 is 4.92 Å². The van der Waals surface area contributed by atoms with Gasteiger partial charge in [-0.05, 0) is 40.9 Å². The summed E-state index contributed by atoms with van der Waals surface area (Å²) in [5.41, 5.74) is 1.30. The molecule has 8 nitrogen and oxygen atoms in total. The summed E-state index contributed by atoms with van der Waals surface area (Å²) in [6.45, 7) is 0. The van der Waals surface area contributed by atoms with E-state index in [1.54, 1.807) is 31.3 Å². The number of carbonyl (C=O) groups excluding carboxylic acids is 1. The number of aryl methyl sites for hydroxylation is 1. The van der Waals surface area contributed by atoms with Gasteiger partial charge in [-0.2, -0.15) is 0 Å². The highest BCUT2D eigenvalue weighted by molar-refractivity contribution is 5.94. The van der Waals surface area contributed by atoms with Crippen LogP contribution in [0.5, 0.6) is 0 Å². The van der Waals surface area contributed by atoms with E-state index in [1.807, 2.05) is 0 Å². The fourth-order valence-electron chi connectivity index (χ4n) is 2.10. The van der Waals surface area contributed by atoms with Crippen molar-refractivity contribution >= 4 is 28.9 Å². The maximum atomic E-state index is 11.8. The summed E-state index contributed by atoms with van der Waals surface area (Å²) in [6.07, 6.45) is 3.25. The number of imidazole rings is 1. The van der Waals surface area contributed by atoms with Crippen molar-refractivity contribution in [2.45, 2.75) is 12.8 Å². The summed E-state index contributed by atoms with van der Waals surface area (Å²) in [4.78, 5) is 25.9. The van der Waals surface area contributed by atoms with Crippen molar-refractivity contribution in [3.63, 3.8) is 0 Å². The number of rotatable bonds is 5. The Morgan fingerprint density at radius 1 is 1.41 bits per heavy atom. The maximum Gasteiger partial charge on any atom is 0.406 e. The van der Waals surface area contributed by atoms with Gasteiger partial charge in [0.15, 0.2) is 0 Å². The average Bonchev–Trinajstić information content (AvgIpc) is 3.25. The van der Waals surface area contributed by atoms with Gasteiger partial charge in [0, 0.05) is 24.3 Å². The molecule has 0 unspecified atom stereocenters. The molecular weight excluding hydrogens is 286 g/mol. The molecule has 8 heteroatoms. The van der Waals surface area contributed by atoms with Gasteiger partial charge in [0.1, 0.15) is 0 Å². The van der Waals surface area contributed by atoms with Crippen LogP contribution in [-0.4, -0.2) is 20.4 Å². The monoisotopic (exact) mass is 301 g/mol. The first-order valence-electron chi connectivity index (χ1n) is 6.88. The molecule has 0 spiro atoms. The molecule has 1 saturated carbocycles. The standard InChI is InChI=1S/C14H15N5O3/c1-18-8-15-12(19(21)22)13(18)16-10-3-2-4-11(7-10)17-14(20)9-5-6-9/h2-4,7-9,16H,5-6H2,1H3,(H,17,20). The molecule has 0 aliphatic heterocycles. The minimum Gasteiger partial charge on any atom is -0.358 e. The van der Waals surface area contributed by atoms with E-state index in [4.69, 9.17) is 0 Å². The zero-order valence-electron chi connectivity index (χ0n) is 11.9. The first-order valence-corrected chi connectivity index (χ1v) is 6.88. The second-order valence-electron chi connectivity index (χ2n) is 5.25. The molecule has 2 aromatic rings. The molecule has 0 radical (unpaired) electrons. The number of hydrogen-bond acceptors (Lipinski definition) is 5. The third kappa shape index (κ3) is 2.90. The SMILES string of the molecule is Cn1cnc([N+](=O)[O-])c1Nc1cccc(NC(=O)C2CC2)c1. The second kappa shape index (κ2) is 5.47. The highest BCUT2D eigenvalue weighted by Crippen LogP contribution is 2.31. The van der Waals surface area contributed by atoms with E-state index in [2.05, 4.69) is 15.6 Å². The van der Waals surface area contributed by atoms with Crippen molar-refractivity contribution in [2.75, 3.05) is 10.6 Å². The number of anilines is 3. The molecule has 1 aliphatic rings. The van der Waals surface area contributed by atoms with Gasteiger partial charge in [0.05, 0.1) is 0 Å². The fourth-order valence-corrected chi connectivity index (χ4v) is 2.10. The quantitative estimate of drug-likeness (QED) is 0.652. The molecule has 1 aromatic heterocycles. The molecule has 1 fully saturated rings. The van der Waals surface area contributed by atoms with E-state index in [1.165, 1.54) is 10.9 Å². The lowest BCUT2D eigenvalue weighted by molar-refractivity contribution is -0.388. The van der Waals surface area contributed by atoms with Crippen LogP contribution in [0.25, 0.3) is 0 Å². The van der Waals surface area contributed by atoms with Crippen molar-refractivity contribution in [1.82, 2.24) is 9.55 Å². The summed E-state index contributed by atoms with van der Waals surface area (Å²) in [6, 6.07) is 7.05. The third-order valence-corrected chi connectivity index (χ3v) is 3.43. The van der Waals surface area contributed by atoms with Crippen LogP contribution in [-0.2, 0) is 11.8 Å². The third-order valence-electron chi connectivity index (χ3n) is 3.43. The molecule has 0 bridgehead atoms. The highest BCUT2D eigenvalue weighted by atomic mass is 16.6. The first kappa shape index (κ1) is 14.1. The van der Waals surface area contributed by atoms with E-state index in [9.17, 15) is 14.9 Å². The van der Waals surface area contributed by atoms with Crippen LogP contribution in [0.4, 0.5) is 23.0 Å². The van der Waals surface area contributed by atoms with Crippen molar-refractivity contribution < 1.29 is 9.72 Å².